The zero-order valence-corrected chi connectivity index (χ0v) is 24.9. The van der Waals surface area contributed by atoms with Crippen LogP contribution in [0.5, 0.6) is 0 Å². The zero-order chi connectivity index (χ0) is 27.3. The fraction of sp³-hybridized carbons (Fsp3) is 0.963. The van der Waals surface area contributed by atoms with E-state index in [0.29, 0.717) is 17.4 Å². The first-order valence-corrected chi connectivity index (χ1v) is 15.8. The molecule has 0 aromatic rings. The maximum Gasteiger partial charge on any atom is 0.472 e. The Kier molecular flexibility index (Phi) is 21.1. The van der Waals surface area contributed by atoms with Crippen molar-refractivity contribution in [2.24, 2.45) is 0 Å². The molecule has 8 nitrogen and oxygen atoms in total. The van der Waals surface area contributed by atoms with Crippen LogP contribution in [0.4, 0.5) is 0 Å². The number of likely N-dealkylation sites (N-methyl/N-ethyl adjacent to an activating group) is 1. The van der Waals surface area contributed by atoms with Gasteiger partial charge < -0.3 is 19.8 Å². The number of phosphoric ester groups is 1. The normalized spacial score (nSPS) is 15.4. The van der Waals surface area contributed by atoms with E-state index in [9.17, 15) is 19.4 Å². The lowest BCUT2D eigenvalue weighted by molar-refractivity contribution is -0.870. The molecule has 0 saturated carbocycles. The lowest BCUT2D eigenvalue weighted by atomic mass is 10.0. The Hall–Kier alpha value is -0.500. The number of quaternary nitrogens is 1. The van der Waals surface area contributed by atoms with E-state index in [1.165, 1.54) is 84.0 Å². The van der Waals surface area contributed by atoms with Gasteiger partial charge in [-0.15, -0.1) is 0 Å². The minimum Gasteiger partial charge on any atom is -0.391 e. The highest BCUT2D eigenvalue weighted by Gasteiger charge is 2.27. The average Bonchev–Trinajstić information content (AvgIpc) is 2.77. The summed E-state index contributed by atoms with van der Waals surface area (Å²) in [5, 5.41) is 13.2. The smallest absolute Gasteiger partial charge is 0.391 e. The number of rotatable bonds is 25. The van der Waals surface area contributed by atoms with Crippen LogP contribution in [0.3, 0.4) is 0 Å². The maximum absolute atomic E-state index is 12.1. The summed E-state index contributed by atoms with van der Waals surface area (Å²) in [6.07, 6.45) is 18.8. The van der Waals surface area contributed by atoms with Gasteiger partial charge in [0.1, 0.15) is 13.2 Å². The number of aliphatic hydroxyl groups is 1. The predicted molar refractivity (Wildman–Crippen MR) is 148 cm³/mol. The molecule has 0 rings (SSSR count). The Morgan fingerprint density at radius 2 is 1.28 bits per heavy atom. The molecule has 0 aromatic carbocycles. The Balaban J connectivity index is 3.94. The third kappa shape index (κ3) is 23.9. The van der Waals surface area contributed by atoms with Crippen molar-refractivity contribution in [2.45, 2.75) is 129 Å². The average molecular weight is 538 g/mol. The Morgan fingerprint density at radius 1 is 0.833 bits per heavy atom. The number of nitrogens with one attached hydrogen (secondary N) is 1. The first-order valence-electron chi connectivity index (χ1n) is 14.3. The summed E-state index contributed by atoms with van der Waals surface area (Å²) < 4.78 is 22.8. The maximum atomic E-state index is 12.1. The molecule has 216 valence electrons. The van der Waals surface area contributed by atoms with Crippen molar-refractivity contribution >= 4 is 13.7 Å². The predicted octanol–water partition coefficient (Wildman–Crippen LogP) is 5.95. The summed E-state index contributed by atoms with van der Waals surface area (Å²) in [4.78, 5) is 21.4. The van der Waals surface area contributed by atoms with Gasteiger partial charge in [0, 0.05) is 6.92 Å². The lowest BCUT2D eigenvalue weighted by Gasteiger charge is -2.26. The van der Waals surface area contributed by atoms with Crippen LogP contribution in [0, 0.1) is 0 Å². The Morgan fingerprint density at radius 3 is 1.69 bits per heavy atom. The van der Waals surface area contributed by atoms with Crippen LogP contribution in [0.1, 0.15) is 117 Å². The van der Waals surface area contributed by atoms with Gasteiger partial charge in [0.25, 0.3) is 0 Å². The van der Waals surface area contributed by atoms with Gasteiger partial charge in [-0.2, -0.15) is 0 Å². The van der Waals surface area contributed by atoms with Crippen LogP contribution in [0.25, 0.3) is 0 Å². The standard InChI is InChI=1S/C27H57N2O6P/c1-6-7-8-9-10-11-12-13-14-15-16-17-18-19-20-21-27(31)26(28-25(2)30)24-35-36(32,33)34-23-22-29(3,4)5/h26-27,31H,6-24H2,1-5H3,(H-,28,30,32,33)/p+1. The second-order valence-electron chi connectivity index (χ2n) is 11.2. The summed E-state index contributed by atoms with van der Waals surface area (Å²) >= 11 is 0. The largest absolute Gasteiger partial charge is 0.472 e. The molecule has 0 aliphatic rings. The summed E-state index contributed by atoms with van der Waals surface area (Å²) in [6, 6.07) is -0.753. The summed E-state index contributed by atoms with van der Waals surface area (Å²) in [5.74, 6) is -0.321. The van der Waals surface area contributed by atoms with E-state index in [0.717, 1.165) is 19.3 Å². The number of hydrogen-bond acceptors (Lipinski definition) is 5. The molecule has 3 N–H and O–H groups in total. The first kappa shape index (κ1) is 35.5. The molecule has 36 heavy (non-hydrogen) atoms. The van der Waals surface area contributed by atoms with Crippen molar-refractivity contribution in [1.82, 2.24) is 5.32 Å². The van der Waals surface area contributed by atoms with Crippen LogP contribution in [0.2, 0.25) is 0 Å². The first-order chi connectivity index (χ1) is 17.0. The van der Waals surface area contributed by atoms with E-state index in [1.807, 2.05) is 21.1 Å². The lowest BCUT2D eigenvalue weighted by Crippen LogP contribution is -2.45. The van der Waals surface area contributed by atoms with Crippen molar-refractivity contribution < 1.29 is 32.9 Å². The number of carbonyl (C=O) groups excluding carboxylic acids is 1. The van der Waals surface area contributed by atoms with E-state index in [-0.39, 0.29) is 19.1 Å². The third-order valence-corrected chi connectivity index (χ3v) is 7.37. The fourth-order valence-corrected chi connectivity index (χ4v) is 4.81. The number of nitrogens with zero attached hydrogens (tertiary/aromatic N) is 1. The molecule has 0 heterocycles. The molecule has 0 radical (unpaired) electrons. The van der Waals surface area contributed by atoms with Crippen LogP contribution in [-0.4, -0.2) is 73.4 Å². The minimum absolute atomic E-state index is 0.0732. The van der Waals surface area contributed by atoms with Gasteiger partial charge in [-0.3, -0.25) is 13.8 Å². The highest BCUT2D eigenvalue weighted by atomic mass is 31.2. The summed E-state index contributed by atoms with van der Waals surface area (Å²) in [7, 11) is 1.61. The highest BCUT2D eigenvalue weighted by Crippen LogP contribution is 2.43. The molecule has 0 fully saturated rings. The second kappa shape index (κ2) is 21.4. The zero-order valence-electron chi connectivity index (χ0n) is 24.0. The molecule has 3 unspecified atom stereocenters. The molecule has 1 amide bonds. The van der Waals surface area contributed by atoms with Crippen LogP contribution >= 0.6 is 7.82 Å². The number of hydrogen-bond donors (Lipinski definition) is 3. The van der Waals surface area contributed by atoms with E-state index >= 15 is 0 Å². The topological polar surface area (TPSA) is 105 Å². The van der Waals surface area contributed by atoms with Gasteiger partial charge in [-0.1, -0.05) is 103 Å². The molecule has 0 aromatic heterocycles. The highest BCUT2D eigenvalue weighted by molar-refractivity contribution is 7.47. The minimum atomic E-state index is -4.25. The number of phosphoric acid groups is 1. The van der Waals surface area contributed by atoms with Crippen molar-refractivity contribution in [2.75, 3.05) is 40.9 Å². The van der Waals surface area contributed by atoms with Gasteiger partial charge in [-0.05, 0) is 6.42 Å². The molecule has 3 atom stereocenters. The van der Waals surface area contributed by atoms with Crippen LogP contribution < -0.4 is 5.32 Å². The molecule has 0 bridgehead atoms. The quantitative estimate of drug-likeness (QED) is 0.0755. The molecule has 0 aliphatic heterocycles. The molecular weight excluding hydrogens is 479 g/mol. The second-order valence-corrected chi connectivity index (χ2v) is 12.7. The molecule has 9 heteroatoms. The van der Waals surface area contributed by atoms with Gasteiger partial charge in [0.2, 0.25) is 5.91 Å². The molecule has 0 saturated heterocycles. The number of unbranched alkanes of at least 4 members (excludes halogenated alkanes) is 14. The Bertz CT molecular complexity index is 585. The van der Waals surface area contributed by atoms with E-state index in [2.05, 4.69) is 12.2 Å². The summed E-state index contributed by atoms with van der Waals surface area (Å²) in [5.41, 5.74) is 0. The number of amides is 1. The monoisotopic (exact) mass is 537 g/mol. The SMILES string of the molecule is CCCCCCCCCCCCCCCCCC(O)C(COP(=O)(O)OCC[N+](C)(C)C)NC(C)=O. The molecule has 0 aliphatic carbocycles. The fourth-order valence-electron chi connectivity index (χ4n) is 4.08. The number of aliphatic hydroxyl groups excluding tert-OH is 1. The van der Waals surface area contributed by atoms with Crippen molar-refractivity contribution in [3.8, 4) is 0 Å². The van der Waals surface area contributed by atoms with Crippen molar-refractivity contribution in [3.63, 3.8) is 0 Å². The third-order valence-electron chi connectivity index (χ3n) is 6.39. The summed E-state index contributed by atoms with van der Waals surface area (Å²) in [6.45, 7) is 3.95. The van der Waals surface area contributed by atoms with E-state index in [1.54, 1.807) is 0 Å². The van der Waals surface area contributed by atoms with Crippen molar-refractivity contribution in [1.29, 1.82) is 0 Å². The van der Waals surface area contributed by atoms with Crippen molar-refractivity contribution in [3.05, 3.63) is 0 Å². The molecular formula is C27H58N2O6P+. The van der Waals surface area contributed by atoms with Crippen LogP contribution in [-0.2, 0) is 18.4 Å². The van der Waals surface area contributed by atoms with Gasteiger partial charge in [-0.25, -0.2) is 4.57 Å². The van der Waals surface area contributed by atoms with Gasteiger partial charge in [0.15, 0.2) is 0 Å². The van der Waals surface area contributed by atoms with Gasteiger partial charge >= 0.3 is 7.82 Å². The molecule has 0 spiro atoms. The van der Waals surface area contributed by atoms with E-state index < -0.39 is 20.0 Å². The Labute approximate surface area is 221 Å². The number of carbonyl (C=O) groups is 1. The van der Waals surface area contributed by atoms with E-state index in [4.69, 9.17) is 9.05 Å². The van der Waals surface area contributed by atoms with Crippen LogP contribution in [0.15, 0.2) is 0 Å². The van der Waals surface area contributed by atoms with Gasteiger partial charge in [0.05, 0.1) is 39.9 Å².